The van der Waals surface area contributed by atoms with Crippen molar-refractivity contribution in [2.75, 3.05) is 50.2 Å². The van der Waals surface area contributed by atoms with Gasteiger partial charge in [0, 0.05) is 61.1 Å². The van der Waals surface area contributed by atoms with Crippen molar-refractivity contribution in [1.82, 2.24) is 19.9 Å². The van der Waals surface area contributed by atoms with Gasteiger partial charge in [0.05, 0.1) is 47.5 Å². The van der Waals surface area contributed by atoms with E-state index >= 15 is 0 Å². The molecule has 6 heterocycles. The molecule has 17 heteroatoms. The monoisotopic (exact) mass is 1580 g/mol. The molecule has 2 fully saturated rings. The Morgan fingerprint density at radius 3 is 1.12 bits per heavy atom. The smallest absolute Gasteiger partial charge is 0.0134 e. The Morgan fingerprint density at radius 1 is 0.454 bits per heavy atom. The average Bonchev–Trinajstić information content (AvgIpc) is 1.08. The van der Waals surface area contributed by atoms with Gasteiger partial charge < -0.3 is 14.5 Å². The average molecular weight is 1580 g/mol. The van der Waals surface area contributed by atoms with E-state index in [4.69, 9.17) is 35.4 Å². The van der Waals surface area contributed by atoms with Gasteiger partial charge in [-0.25, -0.2) is 4.79 Å². The second-order valence-electron chi connectivity index (χ2n) is 23.4. The van der Waals surface area contributed by atoms with E-state index in [9.17, 15) is 9.59 Å². The van der Waals surface area contributed by atoms with E-state index in [-0.39, 0.29) is 35.3 Å². The van der Waals surface area contributed by atoms with Crippen molar-refractivity contribution in [2.45, 2.75) is 47.4 Å². The first-order chi connectivity index (χ1) is 46.9. The summed E-state index contributed by atoms with van der Waals surface area (Å²) in [7, 11) is 11.5. The fourth-order valence-electron chi connectivity index (χ4n) is 10.5. The predicted molar refractivity (Wildman–Crippen MR) is 412 cm³/mol. The Morgan fingerprint density at radius 2 is 0.794 bits per heavy atom. The number of fused-ring (bicyclic) bond motifs is 2. The number of alkyl halides is 1. The van der Waals surface area contributed by atoms with Crippen LogP contribution in [0, 0.1) is 0 Å². The fraction of sp³-hybridized carbons (Fsp3) is 0.175. The van der Waals surface area contributed by atoms with Crippen LogP contribution in [0.4, 0.5) is 11.4 Å². The molecule has 4 aromatic heterocycles. The number of benzene rings is 8. The van der Waals surface area contributed by atoms with Crippen LogP contribution in [0.1, 0.15) is 57.8 Å². The molecule has 14 rings (SSSR count). The Bertz CT molecular complexity index is 4060. The van der Waals surface area contributed by atoms with Crippen LogP contribution in [0.15, 0.2) is 280 Å². The van der Waals surface area contributed by atoms with Crippen LogP contribution in [0.25, 0.3) is 21.8 Å². The molecule has 0 unspecified atom stereocenters. The molecule has 0 atom stereocenters. The number of rotatable bonds is 14. The number of halogens is 3. The number of nitrogens with zero attached hydrogens (tertiary/aromatic N) is 6. The molecule has 0 radical (unpaired) electrons. The summed E-state index contributed by atoms with van der Waals surface area (Å²) in [6.45, 7) is 4.53. The largest absolute Gasteiger partial charge is 0.0622 e. The van der Waals surface area contributed by atoms with E-state index in [0.29, 0.717) is 23.4 Å². The van der Waals surface area contributed by atoms with Crippen molar-refractivity contribution in [3.05, 3.63) is 308 Å². The second-order valence-corrected chi connectivity index (χ2v) is 44.7. The van der Waals surface area contributed by atoms with E-state index in [0.717, 1.165) is 63.1 Å². The minimum absolute atomic E-state index is 0. The van der Waals surface area contributed by atoms with Gasteiger partial charge in [-0.15, -0.1) is 11.6 Å². The summed E-state index contributed by atoms with van der Waals surface area (Å²) < 4.78 is 10.5. The van der Waals surface area contributed by atoms with Gasteiger partial charge in [-0.3, -0.25) is 15.0 Å². The molecule has 0 spiro atoms. The maximum Gasteiger partial charge on any atom is -0.0134 e. The summed E-state index contributed by atoms with van der Waals surface area (Å²) in [4.78, 5) is 52.1. The summed E-state index contributed by atoms with van der Waals surface area (Å²) in [5, 5.41) is 10.7. The molecular formula is C80H81Cl3N6O4P2PdSn. The molecule has 500 valence electrons. The second kappa shape index (κ2) is 39.3. The number of aromatic nitrogens is 4. The Kier molecular flexibility index (Phi) is 30.5. The third kappa shape index (κ3) is 22.3. The first-order valence-corrected chi connectivity index (χ1v) is 48.7. The number of anilines is 2. The van der Waals surface area contributed by atoms with Crippen LogP contribution >= 0.6 is 46.5 Å². The SMILES string of the molecule is C.COC(=O)c1ccn[c]([Sn]([CH3])([CH3])[CH3])c1.COC(=O)c1ccnc(Cc2ccc3ncc(N4CCC4)cc3c2)c1.ClCc1ccc2ncc(N3CCC3)cc2c1.[Cl][Pd][Cl].c1ccc(P(c2ccccc2)c2ccccc2)cc1.c1ccc(P(c2ccccc2)c2ccccc2)cc1. The summed E-state index contributed by atoms with van der Waals surface area (Å²) >= 11 is 3.58. The molecule has 10 nitrogen and oxygen atoms in total. The van der Waals surface area contributed by atoms with Crippen molar-refractivity contribution >= 4 is 146 Å². The normalized spacial score (nSPS) is 12.0. The van der Waals surface area contributed by atoms with Crippen molar-refractivity contribution < 1.29 is 35.0 Å². The molecular weight excluding hydrogens is 1500 g/mol. The van der Waals surface area contributed by atoms with Crippen molar-refractivity contribution in [2.24, 2.45) is 0 Å². The number of ether oxygens (including phenoxy) is 2. The predicted octanol–water partition coefficient (Wildman–Crippen LogP) is 16.7. The first-order valence-electron chi connectivity index (χ1n) is 31.5. The summed E-state index contributed by atoms with van der Waals surface area (Å²) in [5.74, 6) is -0.0705. The maximum atomic E-state index is 11.7. The van der Waals surface area contributed by atoms with E-state index in [1.165, 1.54) is 75.6 Å². The molecule has 2 aliphatic heterocycles. The van der Waals surface area contributed by atoms with Gasteiger partial charge in [0.15, 0.2) is 0 Å². The van der Waals surface area contributed by atoms with Gasteiger partial charge in [0.1, 0.15) is 0 Å². The van der Waals surface area contributed by atoms with Crippen LogP contribution in [0.3, 0.4) is 0 Å². The number of hydrogen-bond donors (Lipinski definition) is 0. The van der Waals surface area contributed by atoms with Crippen LogP contribution in [-0.4, -0.2) is 90.7 Å². The zero-order valence-electron chi connectivity index (χ0n) is 54.4. The van der Waals surface area contributed by atoms with Crippen LogP contribution in [-0.2, 0) is 37.7 Å². The zero-order valence-corrected chi connectivity index (χ0v) is 62.8. The maximum absolute atomic E-state index is 11.7. The molecule has 12 aromatic rings. The van der Waals surface area contributed by atoms with Crippen LogP contribution in [0.2, 0.25) is 14.8 Å². The zero-order chi connectivity index (χ0) is 67.5. The number of carbonyl (C=O) groups is 2. The Balaban J connectivity index is 0.000000155. The van der Waals surface area contributed by atoms with Crippen molar-refractivity contribution in [1.29, 1.82) is 0 Å². The number of carbonyl (C=O) groups excluding carboxylic acids is 2. The van der Waals surface area contributed by atoms with Crippen LogP contribution in [0.5, 0.6) is 0 Å². The molecule has 0 N–H and O–H groups in total. The van der Waals surface area contributed by atoms with Gasteiger partial charge in [0.2, 0.25) is 0 Å². The Hall–Kier alpha value is -7.39. The van der Waals surface area contributed by atoms with Gasteiger partial charge >= 0.3 is 129 Å². The molecule has 0 bridgehead atoms. The third-order valence-electron chi connectivity index (χ3n) is 15.7. The summed E-state index contributed by atoms with van der Waals surface area (Å²) in [6.07, 6.45) is 10.4. The molecule has 0 aliphatic carbocycles. The molecule has 97 heavy (non-hydrogen) atoms. The van der Waals surface area contributed by atoms with Gasteiger partial charge in [-0.2, -0.15) is 0 Å². The minimum atomic E-state index is -2.15. The number of pyridine rings is 4. The van der Waals surface area contributed by atoms with Crippen molar-refractivity contribution in [3.8, 4) is 0 Å². The third-order valence-corrected chi connectivity index (χ3v) is 26.1. The molecule has 8 aromatic carbocycles. The van der Waals surface area contributed by atoms with Gasteiger partial charge in [-0.1, -0.05) is 202 Å². The minimum Gasteiger partial charge on any atom is -0.0622 e. The summed E-state index contributed by atoms with van der Waals surface area (Å²) in [5.41, 5.74) is 8.70. The molecule has 2 aliphatic rings. The molecule has 2 saturated heterocycles. The fourth-order valence-corrected chi connectivity index (χ4v) is 18.3. The quantitative estimate of drug-likeness (QED) is 0.0452. The van der Waals surface area contributed by atoms with E-state index in [2.05, 4.69) is 262 Å². The standard InChI is InChI=1S/C20H19N3O2.2C18H15P.C13H13ClN2.C7H6NO2.CH4.3CH3.2ClH.Pd.Sn/c1-25-20(24)15-5-6-21-17(11-15)10-14-3-4-19-16(9-14)12-18(13-22-19)23-7-2-8-23;2*1-4-10-16(11-5-1)19(17-12-6-2-7-13-17)18-14-8-3-9-15-18;14-8-10-2-3-13-11(6-10)7-12(9-15-13)16-4-1-5-16;1-10-7(9)6-2-4-8-5-3-6;;;;;;;;/h3-6,9,11-13H,2,7-8,10H2,1H3;2*1-15H;2-3,6-7,9H,1,4-5,8H2;2-4H,1H3;1H4;3*1H3;2*1H;;/q;;;;;;;;;;;+2;/p-2. The van der Waals surface area contributed by atoms with Gasteiger partial charge in [0.25, 0.3) is 0 Å². The number of methoxy groups -OCH3 is 2. The van der Waals surface area contributed by atoms with Crippen molar-refractivity contribution in [3.63, 3.8) is 0 Å². The molecule has 0 amide bonds. The first kappa shape index (κ1) is 75.4. The number of esters is 2. The summed E-state index contributed by atoms with van der Waals surface area (Å²) in [6, 6.07) is 88.5. The topological polar surface area (TPSA) is 111 Å². The molecule has 0 saturated carbocycles. The number of hydrogen-bond acceptors (Lipinski definition) is 10. The van der Waals surface area contributed by atoms with Crippen LogP contribution < -0.4 is 45.3 Å². The van der Waals surface area contributed by atoms with E-state index in [1.54, 1.807) is 30.6 Å². The Labute approximate surface area is 600 Å². The van der Waals surface area contributed by atoms with E-state index < -0.39 is 34.2 Å². The van der Waals surface area contributed by atoms with Gasteiger partial charge in [-0.05, 0) is 120 Å². The van der Waals surface area contributed by atoms with E-state index in [1.807, 2.05) is 36.7 Å².